The van der Waals surface area contributed by atoms with E-state index in [4.69, 9.17) is 28.9 Å². The summed E-state index contributed by atoms with van der Waals surface area (Å²) in [5.41, 5.74) is 10.1. The molecule has 1 aromatic heterocycles. The van der Waals surface area contributed by atoms with Crippen LogP contribution in [0.25, 0.3) is 10.9 Å². The minimum Gasteiger partial charge on any atom is -0.398 e. The molecule has 1 heterocycles. The molecule has 3 aromatic rings. The van der Waals surface area contributed by atoms with E-state index in [0.29, 0.717) is 21.3 Å². The SMILES string of the molecule is Cc1[nH]c2ccc(N)c(C(=O)c3c(Cl)cccc3Cl)c2c1C. The molecule has 0 fully saturated rings. The maximum absolute atomic E-state index is 13.0. The lowest BCUT2D eigenvalue weighted by Crippen LogP contribution is -2.08. The second-order valence-electron chi connectivity index (χ2n) is 5.25. The summed E-state index contributed by atoms with van der Waals surface area (Å²) in [6.45, 7) is 3.92. The van der Waals surface area contributed by atoms with Gasteiger partial charge in [-0.1, -0.05) is 29.3 Å². The van der Waals surface area contributed by atoms with Gasteiger partial charge < -0.3 is 10.7 Å². The van der Waals surface area contributed by atoms with Crippen molar-refractivity contribution in [1.82, 2.24) is 4.98 Å². The molecule has 0 aliphatic rings. The first-order valence-corrected chi connectivity index (χ1v) is 7.53. The highest BCUT2D eigenvalue weighted by Gasteiger charge is 2.23. The second-order valence-corrected chi connectivity index (χ2v) is 6.07. The Morgan fingerprint density at radius 3 is 2.32 bits per heavy atom. The van der Waals surface area contributed by atoms with E-state index in [-0.39, 0.29) is 11.3 Å². The zero-order chi connectivity index (χ0) is 16.0. The van der Waals surface area contributed by atoms with E-state index >= 15 is 0 Å². The molecule has 3 rings (SSSR count). The van der Waals surface area contributed by atoms with Gasteiger partial charge in [-0.3, -0.25) is 4.79 Å². The van der Waals surface area contributed by atoms with Crippen molar-refractivity contribution in [2.24, 2.45) is 0 Å². The van der Waals surface area contributed by atoms with Crippen molar-refractivity contribution in [2.45, 2.75) is 13.8 Å². The number of hydrogen-bond acceptors (Lipinski definition) is 2. The number of anilines is 1. The predicted molar refractivity (Wildman–Crippen MR) is 92.1 cm³/mol. The molecule has 0 unspecified atom stereocenters. The molecule has 3 N–H and O–H groups in total. The third-order valence-corrected chi connectivity index (χ3v) is 4.54. The van der Waals surface area contributed by atoms with Gasteiger partial charge in [-0.05, 0) is 43.7 Å². The van der Waals surface area contributed by atoms with Crippen molar-refractivity contribution >= 4 is 45.6 Å². The molecule has 0 aliphatic carbocycles. The summed E-state index contributed by atoms with van der Waals surface area (Å²) in [6, 6.07) is 8.58. The summed E-state index contributed by atoms with van der Waals surface area (Å²) in [5, 5.41) is 1.45. The summed E-state index contributed by atoms with van der Waals surface area (Å²) in [6.07, 6.45) is 0. The lowest BCUT2D eigenvalue weighted by molar-refractivity contribution is 0.104. The summed E-state index contributed by atoms with van der Waals surface area (Å²) in [5.74, 6) is -0.263. The largest absolute Gasteiger partial charge is 0.398 e. The van der Waals surface area contributed by atoms with Gasteiger partial charge in [0.25, 0.3) is 0 Å². The van der Waals surface area contributed by atoms with E-state index in [0.717, 1.165) is 22.2 Å². The fourth-order valence-electron chi connectivity index (χ4n) is 2.68. The molecule has 0 saturated heterocycles. The van der Waals surface area contributed by atoms with Crippen LogP contribution < -0.4 is 5.73 Å². The van der Waals surface area contributed by atoms with Crippen LogP contribution >= 0.6 is 23.2 Å². The number of halogens is 2. The van der Waals surface area contributed by atoms with Crippen molar-refractivity contribution in [3.63, 3.8) is 0 Å². The number of carbonyl (C=O) groups is 1. The van der Waals surface area contributed by atoms with Crippen LogP contribution in [0.2, 0.25) is 10.0 Å². The van der Waals surface area contributed by atoms with Gasteiger partial charge in [-0.2, -0.15) is 0 Å². The Morgan fingerprint density at radius 2 is 1.68 bits per heavy atom. The van der Waals surface area contributed by atoms with E-state index in [9.17, 15) is 4.79 Å². The number of ketones is 1. The number of rotatable bonds is 2. The molecule has 0 amide bonds. The summed E-state index contributed by atoms with van der Waals surface area (Å²) >= 11 is 12.3. The number of nitrogens with two attached hydrogens (primary N) is 1. The first kappa shape index (κ1) is 14.9. The highest BCUT2D eigenvalue weighted by Crippen LogP contribution is 2.34. The van der Waals surface area contributed by atoms with Crippen LogP contribution in [0.4, 0.5) is 5.69 Å². The number of benzene rings is 2. The molecule has 3 nitrogen and oxygen atoms in total. The first-order chi connectivity index (χ1) is 10.4. The Balaban J connectivity index is 2.35. The molecular weight excluding hydrogens is 319 g/mol. The van der Waals surface area contributed by atoms with Crippen molar-refractivity contribution in [1.29, 1.82) is 0 Å². The number of carbonyl (C=O) groups excluding carboxylic acids is 1. The molecule has 0 spiro atoms. The molecule has 0 radical (unpaired) electrons. The normalized spacial score (nSPS) is 11.1. The average molecular weight is 333 g/mol. The van der Waals surface area contributed by atoms with Crippen LogP contribution in [0.3, 0.4) is 0 Å². The van der Waals surface area contributed by atoms with Gasteiger partial charge in [0.1, 0.15) is 0 Å². The number of nitrogen functional groups attached to an aromatic ring is 1. The van der Waals surface area contributed by atoms with Gasteiger partial charge >= 0.3 is 0 Å². The highest BCUT2D eigenvalue weighted by atomic mass is 35.5. The molecular formula is C17H14Cl2N2O. The average Bonchev–Trinajstić information content (AvgIpc) is 2.74. The van der Waals surface area contributed by atoms with Gasteiger partial charge in [-0.25, -0.2) is 0 Å². The van der Waals surface area contributed by atoms with Crippen LogP contribution in [-0.4, -0.2) is 10.8 Å². The number of hydrogen-bond donors (Lipinski definition) is 2. The molecule has 22 heavy (non-hydrogen) atoms. The number of aryl methyl sites for hydroxylation is 2. The Morgan fingerprint density at radius 1 is 1.05 bits per heavy atom. The highest BCUT2D eigenvalue weighted by molar-refractivity contribution is 6.42. The standard InChI is InChI=1S/C17H14Cl2N2O/c1-8-9(2)21-13-7-6-12(20)16(14(8)13)17(22)15-10(18)4-3-5-11(15)19/h3-7,21H,20H2,1-2H3. The molecule has 5 heteroatoms. The molecule has 0 aliphatic heterocycles. The van der Waals surface area contributed by atoms with Crippen LogP contribution in [0.1, 0.15) is 27.2 Å². The van der Waals surface area contributed by atoms with Crippen molar-refractivity contribution in [3.8, 4) is 0 Å². The summed E-state index contributed by atoms with van der Waals surface area (Å²) in [4.78, 5) is 16.3. The summed E-state index contributed by atoms with van der Waals surface area (Å²) in [7, 11) is 0. The number of aromatic amines is 1. The van der Waals surface area contributed by atoms with Crippen molar-refractivity contribution in [3.05, 3.63) is 62.8 Å². The Bertz CT molecular complexity index is 892. The topological polar surface area (TPSA) is 58.9 Å². The van der Waals surface area contributed by atoms with E-state index in [1.165, 1.54) is 0 Å². The monoisotopic (exact) mass is 332 g/mol. The smallest absolute Gasteiger partial charge is 0.198 e. The van der Waals surface area contributed by atoms with Gasteiger partial charge in [0.05, 0.1) is 21.2 Å². The number of nitrogens with one attached hydrogen (secondary N) is 1. The minimum atomic E-state index is -0.263. The maximum atomic E-state index is 13.0. The van der Waals surface area contributed by atoms with Crippen molar-refractivity contribution < 1.29 is 4.79 Å². The predicted octanol–water partition coefficient (Wildman–Crippen LogP) is 4.90. The van der Waals surface area contributed by atoms with Crippen LogP contribution in [0, 0.1) is 13.8 Å². The van der Waals surface area contributed by atoms with E-state index in [2.05, 4.69) is 4.98 Å². The van der Waals surface area contributed by atoms with E-state index in [1.807, 2.05) is 19.9 Å². The fourth-order valence-corrected chi connectivity index (χ4v) is 3.25. The fraction of sp³-hybridized carbons (Fsp3) is 0.118. The number of fused-ring (bicyclic) bond motifs is 1. The van der Waals surface area contributed by atoms with Crippen LogP contribution in [0.5, 0.6) is 0 Å². The quantitative estimate of drug-likeness (QED) is 0.517. The number of aromatic nitrogens is 1. The van der Waals surface area contributed by atoms with E-state index in [1.54, 1.807) is 24.3 Å². The third kappa shape index (κ3) is 2.18. The Hall–Kier alpha value is -1.97. The molecule has 0 bridgehead atoms. The lowest BCUT2D eigenvalue weighted by Gasteiger charge is -2.10. The zero-order valence-electron chi connectivity index (χ0n) is 12.1. The van der Waals surface area contributed by atoms with Gasteiger partial charge in [0, 0.05) is 22.3 Å². The van der Waals surface area contributed by atoms with Crippen LogP contribution in [-0.2, 0) is 0 Å². The van der Waals surface area contributed by atoms with Crippen molar-refractivity contribution in [2.75, 3.05) is 5.73 Å². The second kappa shape index (κ2) is 5.34. The Kier molecular flexibility index (Phi) is 3.63. The molecule has 112 valence electrons. The third-order valence-electron chi connectivity index (χ3n) is 3.91. The zero-order valence-corrected chi connectivity index (χ0v) is 13.6. The van der Waals surface area contributed by atoms with Gasteiger partial charge in [0.15, 0.2) is 5.78 Å². The van der Waals surface area contributed by atoms with Crippen LogP contribution in [0.15, 0.2) is 30.3 Å². The van der Waals surface area contributed by atoms with Gasteiger partial charge in [-0.15, -0.1) is 0 Å². The lowest BCUT2D eigenvalue weighted by atomic mass is 9.96. The summed E-state index contributed by atoms with van der Waals surface area (Å²) < 4.78 is 0. The maximum Gasteiger partial charge on any atom is 0.198 e. The Labute approximate surface area is 138 Å². The van der Waals surface area contributed by atoms with E-state index < -0.39 is 0 Å². The first-order valence-electron chi connectivity index (χ1n) is 6.78. The molecule has 0 saturated carbocycles. The minimum absolute atomic E-state index is 0.263. The molecule has 0 atom stereocenters. The number of H-pyrrole nitrogens is 1. The molecule has 2 aromatic carbocycles. The van der Waals surface area contributed by atoms with Gasteiger partial charge in [0.2, 0.25) is 0 Å².